The smallest absolute Gasteiger partial charge is 0.159 e. The fourth-order valence-electron chi connectivity index (χ4n) is 6.43. The summed E-state index contributed by atoms with van der Waals surface area (Å²) in [4.78, 5) is 28.6. The van der Waals surface area contributed by atoms with Crippen LogP contribution in [0.15, 0.2) is 63.6 Å². The summed E-state index contributed by atoms with van der Waals surface area (Å²) in [5.74, 6) is 0.375. The standard InChI is InChI=1S/C30H44ClN3O4/c1-6-10-27(25(20-32-36)22(2)31)33(3)28-19-24(34-17-13-23(14-18-34)29(37-4)38-5)11-12-26(28)30(21-35)15-8-7-9-16-30/h6,10-12,21,23-24,29H,2,7-9,13-20H2,1,3-5H3/b10-6-,27-25+. The number of hydrogen-bond acceptors (Lipinski definition) is 7. The minimum Gasteiger partial charge on any atom is -0.356 e. The molecule has 0 N–H and O–H groups in total. The van der Waals surface area contributed by atoms with E-state index in [1.54, 1.807) is 14.2 Å². The molecule has 210 valence electrons. The number of likely N-dealkylation sites (N-methyl/N-ethyl adjacent to an activating group) is 1. The number of nitrogens with zero attached hydrogens (tertiary/aromatic N) is 3. The molecule has 0 bridgehead atoms. The summed E-state index contributed by atoms with van der Waals surface area (Å²) in [6.07, 6.45) is 17.1. The van der Waals surface area contributed by atoms with Gasteiger partial charge in [0.05, 0.1) is 5.41 Å². The van der Waals surface area contributed by atoms with Gasteiger partial charge in [0.25, 0.3) is 0 Å². The first-order valence-corrected chi connectivity index (χ1v) is 14.1. The highest BCUT2D eigenvalue weighted by Gasteiger charge is 2.40. The Morgan fingerprint density at radius 2 is 1.92 bits per heavy atom. The Labute approximate surface area is 233 Å². The molecule has 2 aliphatic carbocycles. The van der Waals surface area contributed by atoms with Gasteiger partial charge in [-0.1, -0.05) is 60.8 Å². The zero-order valence-corrected chi connectivity index (χ0v) is 24.2. The van der Waals surface area contributed by atoms with Gasteiger partial charge in [-0.15, -0.1) is 0 Å². The molecule has 0 aromatic carbocycles. The lowest BCUT2D eigenvalue weighted by atomic mass is 9.67. The van der Waals surface area contributed by atoms with E-state index >= 15 is 0 Å². The number of carbonyl (C=O) groups is 1. The van der Waals surface area contributed by atoms with Gasteiger partial charge in [-0.25, -0.2) is 0 Å². The normalized spacial score (nSPS) is 23.6. The second-order valence-electron chi connectivity index (χ2n) is 10.7. The highest BCUT2D eigenvalue weighted by atomic mass is 35.5. The van der Waals surface area contributed by atoms with Crippen LogP contribution in [0, 0.1) is 16.2 Å². The van der Waals surface area contributed by atoms with Gasteiger partial charge < -0.3 is 19.2 Å². The van der Waals surface area contributed by atoms with Gasteiger partial charge in [-0.2, -0.15) is 4.91 Å². The molecule has 2 fully saturated rings. The molecule has 8 heteroatoms. The molecular weight excluding hydrogens is 502 g/mol. The molecule has 0 spiro atoms. The molecule has 0 aromatic heterocycles. The van der Waals surface area contributed by atoms with Crippen LogP contribution in [0.1, 0.15) is 58.3 Å². The quantitative estimate of drug-likeness (QED) is 0.123. The SMILES string of the molecule is C=C(Cl)/C(CN=O)=C(\C=C/C)N(C)C1=C(C2(C=O)CCCCC2)C=CC(N2CCC(C(OC)OC)CC2)C1. The molecule has 0 radical (unpaired) electrons. The van der Waals surface area contributed by atoms with E-state index in [-0.39, 0.29) is 18.9 Å². The lowest BCUT2D eigenvalue weighted by Gasteiger charge is -2.44. The number of nitroso groups, excluding NO2 is 1. The number of aldehydes is 1. The molecule has 38 heavy (non-hydrogen) atoms. The van der Waals surface area contributed by atoms with E-state index < -0.39 is 5.41 Å². The zero-order valence-electron chi connectivity index (χ0n) is 23.5. The van der Waals surface area contributed by atoms with Gasteiger partial charge in [0, 0.05) is 61.6 Å². The Morgan fingerprint density at radius 3 is 2.45 bits per heavy atom. The highest BCUT2D eigenvalue weighted by molar-refractivity contribution is 6.31. The zero-order chi connectivity index (χ0) is 27.7. The largest absolute Gasteiger partial charge is 0.356 e. The Balaban J connectivity index is 2.00. The molecule has 1 aliphatic heterocycles. The van der Waals surface area contributed by atoms with Gasteiger partial charge in [0.1, 0.15) is 12.8 Å². The first-order valence-electron chi connectivity index (χ1n) is 13.8. The summed E-state index contributed by atoms with van der Waals surface area (Å²) >= 11 is 6.36. The summed E-state index contributed by atoms with van der Waals surface area (Å²) in [6, 6.07) is 0.201. The van der Waals surface area contributed by atoms with Gasteiger partial charge in [-0.05, 0) is 57.3 Å². The molecule has 7 nitrogen and oxygen atoms in total. The third kappa shape index (κ3) is 6.74. The van der Waals surface area contributed by atoms with Crippen molar-refractivity contribution in [2.24, 2.45) is 16.5 Å². The number of methoxy groups -OCH3 is 2. The van der Waals surface area contributed by atoms with Crippen molar-refractivity contribution >= 4 is 17.9 Å². The van der Waals surface area contributed by atoms with Crippen LogP contribution in [0.2, 0.25) is 0 Å². The summed E-state index contributed by atoms with van der Waals surface area (Å²) in [5, 5.41) is 3.42. The fraction of sp³-hybridized carbons (Fsp3) is 0.633. The predicted octanol–water partition coefficient (Wildman–Crippen LogP) is 6.33. The average molecular weight is 546 g/mol. The minimum absolute atomic E-state index is 0.0687. The van der Waals surface area contributed by atoms with Crippen LogP contribution in [0.5, 0.6) is 0 Å². The van der Waals surface area contributed by atoms with E-state index in [1.807, 2.05) is 26.1 Å². The van der Waals surface area contributed by atoms with Crippen molar-refractivity contribution in [2.45, 2.75) is 70.6 Å². The third-order valence-electron chi connectivity index (χ3n) is 8.55. The Kier molecular flexibility index (Phi) is 11.5. The molecule has 1 heterocycles. The van der Waals surface area contributed by atoms with Crippen molar-refractivity contribution in [3.8, 4) is 0 Å². The van der Waals surface area contributed by atoms with Crippen molar-refractivity contribution in [3.05, 3.63) is 63.4 Å². The topological polar surface area (TPSA) is 71.4 Å². The molecular formula is C30H44ClN3O4. The first-order chi connectivity index (χ1) is 18.3. The number of likely N-dealkylation sites (tertiary alicyclic amines) is 1. The van der Waals surface area contributed by atoms with Crippen LogP contribution in [-0.2, 0) is 14.3 Å². The van der Waals surface area contributed by atoms with E-state index in [9.17, 15) is 9.70 Å². The minimum atomic E-state index is -0.497. The molecule has 1 saturated carbocycles. The number of rotatable bonds is 12. The Bertz CT molecular complexity index is 968. The van der Waals surface area contributed by atoms with Crippen molar-refractivity contribution in [3.63, 3.8) is 0 Å². The molecule has 1 atom stereocenters. The molecule has 1 unspecified atom stereocenters. The molecule has 1 saturated heterocycles. The second-order valence-corrected chi connectivity index (χ2v) is 11.1. The van der Waals surface area contributed by atoms with Crippen LogP contribution < -0.4 is 0 Å². The lowest BCUT2D eigenvalue weighted by molar-refractivity contribution is -0.147. The highest BCUT2D eigenvalue weighted by Crippen LogP contribution is 2.46. The van der Waals surface area contributed by atoms with Crippen LogP contribution >= 0.6 is 11.6 Å². The lowest BCUT2D eigenvalue weighted by Crippen LogP contribution is -2.45. The molecule has 3 aliphatic rings. The van der Waals surface area contributed by atoms with Crippen LogP contribution in [0.3, 0.4) is 0 Å². The number of hydrogen-bond donors (Lipinski definition) is 0. The van der Waals surface area contributed by atoms with Crippen molar-refractivity contribution in [1.82, 2.24) is 9.80 Å². The average Bonchev–Trinajstić information content (AvgIpc) is 2.95. The van der Waals surface area contributed by atoms with Gasteiger partial charge in [0.2, 0.25) is 0 Å². The van der Waals surface area contributed by atoms with E-state index in [2.05, 4.69) is 33.7 Å². The predicted molar refractivity (Wildman–Crippen MR) is 154 cm³/mol. The first kappa shape index (κ1) is 30.5. The molecule has 3 rings (SSSR count). The monoisotopic (exact) mass is 545 g/mol. The number of carbonyl (C=O) groups excluding carboxylic acids is 1. The van der Waals surface area contributed by atoms with Crippen molar-refractivity contribution < 1.29 is 14.3 Å². The third-order valence-corrected chi connectivity index (χ3v) is 8.78. The van der Waals surface area contributed by atoms with Gasteiger partial charge >= 0.3 is 0 Å². The van der Waals surface area contributed by atoms with Crippen LogP contribution in [-0.4, -0.2) is 69.3 Å². The van der Waals surface area contributed by atoms with Gasteiger partial charge in [-0.3, -0.25) is 4.90 Å². The van der Waals surface area contributed by atoms with E-state index in [1.165, 1.54) is 6.29 Å². The van der Waals surface area contributed by atoms with Crippen molar-refractivity contribution in [2.75, 3.05) is 40.9 Å². The maximum Gasteiger partial charge on any atom is 0.159 e. The summed E-state index contributed by atoms with van der Waals surface area (Å²) in [5.41, 5.74) is 3.06. The Morgan fingerprint density at radius 1 is 1.26 bits per heavy atom. The maximum absolute atomic E-state index is 12.7. The number of piperidine rings is 1. The Hall–Kier alpha value is -2.06. The van der Waals surface area contributed by atoms with E-state index in [0.29, 0.717) is 16.5 Å². The summed E-state index contributed by atoms with van der Waals surface area (Å²) in [7, 11) is 5.40. The second kappa shape index (κ2) is 14.4. The summed E-state index contributed by atoms with van der Waals surface area (Å²) in [6.45, 7) is 7.66. The van der Waals surface area contributed by atoms with E-state index in [0.717, 1.165) is 81.4 Å². The fourth-order valence-corrected chi connectivity index (χ4v) is 6.58. The summed E-state index contributed by atoms with van der Waals surface area (Å²) < 4.78 is 11.0. The number of halogens is 1. The van der Waals surface area contributed by atoms with Crippen molar-refractivity contribution in [1.29, 1.82) is 0 Å². The molecule has 0 aromatic rings. The van der Waals surface area contributed by atoms with Crippen LogP contribution in [0.25, 0.3) is 0 Å². The van der Waals surface area contributed by atoms with Gasteiger partial charge in [0.15, 0.2) is 6.29 Å². The maximum atomic E-state index is 12.7. The molecule has 0 amide bonds. The van der Waals surface area contributed by atoms with E-state index in [4.69, 9.17) is 21.1 Å². The number of ether oxygens (including phenoxy) is 2. The van der Waals surface area contributed by atoms with Crippen LogP contribution in [0.4, 0.5) is 0 Å². The number of allylic oxidation sites excluding steroid dienone is 4.